The van der Waals surface area contributed by atoms with Crippen LogP contribution in [-0.4, -0.2) is 15.6 Å². The summed E-state index contributed by atoms with van der Waals surface area (Å²) in [5.74, 6) is 0. The molecule has 0 bridgehead atoms. The minimum atomic E-state index is 0.208. The van der Waals surface area contributed by atoms with E-state index in [9.17, 15) is 0 Å². The third kappa shape index (κ3) is 9.08. The van der Waals surface area contributed by atoms with Crippen LogP contribution >= 0.6 is 0 Å². The maximum absolute atomic E-state index is 5.54. The van der Waals surface area contributed by atoms with Crippen LogP contribution in [0, 0.1) is 0 Å². The topological polar surface area (TPSA) is 43.8 Å². The Morgan fingerprint density at radius 2 is 1.85 bits per heavy atom. The Bertz CT molecular complexity index is 157. The van der Waals surface area contributed by atoms with E-state index >= 15 is 0 Å². The Kier molecular flexibility index (Phi) is 12.6. The normalized spacial score (nSPS) is 10.3. The van der Waals surface area contributed by atoms with Crippen LogP contribution in [0.3, 0.4) is 0 Å². The van der Waals surface area contributed by atoms with Gasteiger partial charge in [-0.2, -0.15) is 0 Å². The summed E-state index contributed by atoms with van der Waals surface area (Å²) in [4.78, 5) is 3.88. The van der Waals surface area contributed by atoms with Crippen LogP contribution in [0.2, 0.25) is 0 Å². The molecule has 1 aromatic heterocycles. The molecule has 1 atom stereocenters. The molecule has 0 aliphatic heterocycles. The second-order valence-corrected chi connectivity index (χ2v) is 2.24. The molecule has 1 heterocycles. The maximum atomic E-state index is 5.54. The van der Waals surface area contributed by atoms with E-state index in [-0.39, 0.29) is 6.04 Å². The molecule has 0 saturated carbocycles. The van der Waals surface area contributed by atoms with Crippen LogP contribution in [0.5, 0.6) is 0 Å². The van der Waals surface area contributed by atoms with Crippen molar-refractivity contribution in [3.63, 3.8) is 0 Å². The van der Waals surface area contributed by atoms with Crippen molar-refractivity contribution in [2.24, 2.45) is 5.73 Å². The molecule has 0 spiro atoms. The van der Waals surface area contributed by atoms with Crippen molar-refractivity contribution in [1.82, 2.24) is 9.55 Å². The molecular formula is C10H23N3. The van der Waals surface area contributed by atoms with Crippen LogP contribution in [0.15, 0.2) is 18.7 Å². The molecule has 3 heteroatoms. The molecule has 1 unspecified atom stereocenters. The van der Waals surface area contributed by atoms with E-state index in [4.69, 9.17) is 5.73 Å². The Morgan fingerprint density at radius 1 is 1.31 bits per heavy atom. The van der Waals surface area contributed by atoms with Gasteiger partial charge in [0.05, 0.1) is 6.33 Å². The van der Waals surface area contributed by atoms with Gasteiger partial charge in [0.25, 0.3) is 0 Å². The highest BCUT2D eigenvalue weighted by Gasteiger charge is 1.92. The molecule has 2 N–H and O–H groups in total. The van der Waals surface area contributed by atoms with E-state index in [1.54, 1.807) is 12.5 Å². The summed E-state index contributed by atoms with van der Waals surface area (Å²) in [5.41, 5.74) is 5.54. The summed E-state index contributed by atoms with van der Waals surface area (Å²) in [5, 5.41) is 0. The summed E-state index contributed by atoms with van der Waals surface area (Å²) in [6, 6.07) is 0.208. The van der Waals surface area contributed by atoms with E-state index < -0.39 is 0 Å². The molecule has 0 fully saturated rings. The van der Waals surface area contributed by atoms with Crippen molar-refractivity contribution in [3.05, 3.63) is 18.7 Å². The van der Waals surface area contributed by atoms with Gasteiger partial charge in [0, 0.05) is 25.0 Å². The molecule has 0 aliphatic carbocycles. The fourth-order valence-electron chi connectivity index (χ4n) is 0.727. The van der Waals surface area contributed by atoms with Gasteiger partial charge in [-0.05, 0) is 6.92 Å². The fraction of sp³-hybridized carbons (Fsp3) is 0.700. The molecule has 0 aliphatic rings. The minimum absolute atomic E-state index is 0.208. The number of hydrogen-bond acceptors (Lipinski definition) is 2. The third-order valence-corrected chi connectivity index (χ3v) is 1.06. The summed E-state index contributed by atoms with van der Waals surface area (Å²) >= 11 is 0. The number of rotatable bonds is 2. The molecule has 1 aromatic rings. The van der Waals surface area contributed by atoms with Crippen molar-refractivity contribution < 1.29 is 0 Å². The number of aromatic nitrogens is 2. The van der Waals surface area contributed by atoms with Gasteiger partial charge >= 0.3 is 0 Å². The highest BCUT2D eigenvalue weighted by atomic mass is 15.0. The Labute approximate surface area is 82.0 Å². The van der Waals surface area contributed by atoms with Crippen LogP contribution in [0.25, 0.3) is 0 Å². The van der Waals surface area contributed by atoms with E-state index in [1.165, 1.54) is 0 Å². The molecular weight excluding hydrogens is 162 g/mol. The average molecular weight is 185 g/mol. The van der Waals surface area contributed by atoms with E-state index in [0.717, 1.165) is 6.54 Å². The Morgan fingerprint density at radius 3 is 2.15 bits per heavy atom. The van der Waals surface area contributed by atoms with E-state index in [0.29, 0.717) is 0 Å². The summed E-state index contributed by atoms with van der Waals surface area (Å²) in [6.07, 6.45) is 5.43. The van der Waals surface area contributed by atoms with Crippen molar-refractivity contribution >= 4 is 0 Å². The lowest BCUT2D eigenvalue weighted by Crippen LogP contribution is -2.21. The third-order valence-electron chi connectivity index (χ3n) is 1.06. The van der Waals surface area contributed by atoms with Crippen molar-refractivity contribution in [2.45, 2.75) is 47.2 Å². The lowest BCUT2D eigenvalue weighted by atomic mass is 10.4. The first-order valence-corrected chi connectivity index (χ1v) is 5.00. The van der Waals surface area contributed by atoms with Gasteiger partial charge in [0.2, 0.25) is 0 Å². The van der Waals surface area contributed by atoms with Gasteiger partial charge < -0.3 is 10.3 Å². The first kappa shape index (κ1) is 14.7. The first-order valence-electron chi connectivity index (χ1n) is 5.00. The van der Waals surface area contributed by atoms with Gasteiger partial charge in [-0.15, -0.1) is 0 Å². The highest BCUT2D eigenvalue weighted by Crippen LogP contribution is 1.87. The largest absolute Gasteiger partial charge is 0.336 e. The molecule has 3 nitrogen and oxygen atoms in total. The van der Waals surface area contributed by atoms with Crippen molar-refractivity contribution in [3.8, 4) is 0 Å². The average Bonchev–Trinajstić information content (AvgIpc) is 2.63. The van der Waals surface area contributed by atoms with E-state index in [2.05, 4.69) is 4.98 Å². The van der Waals surface area contributed by atoms with Crippen molar-refractivity contribution in [2.75, 3.05) is 0 Å². The zero-order valence-corrected chi connectivity index (χ0v) is 9.49. The predicted molar refractivity (Wildman–Crippen MR) is 58.6 cm³/mol. The van der Waals surface area contributed by atoms with Crippen LogP contribution in [-0.2, 0) is 6.54 Å². The van der Waals surface area contributed by atoms with Gasteiger partial charge in [-0.25, -0.2) is 4.98 Å². The molecule has 0 saturated heterocycles. The first-order chi connectivity index (χ1) is 6.29. The zero-order valence-electron chi connectivity index (χ0n) is 9.49. The predicted octanol–water partition coefficient (Wildman–Crippen LogP) is 2.28. The number of hydrogen-bond donors (Lipinski definition) is 1. The smallest absolute Gasteiger partial charge is 0.0946 e. The quantitative estimate of drug-likeness (QED) is 0.768. The Hall–Kier alpha value is -0.830. The molecule has 0 amide bonds. The maximum Gasteiger partial charge on any atom is 0.0946 e. The molecule has 13 heavy (non-hydrogen) atoms. The molecule has 0 aromatic carbocycles. The SMILES string of the molecule is CC.CC.CC(N)Cn1ccnc1. The summed E-state index contributed by atoms with van der Waals surface area (Å²) < 4.78 is 1.96. The van der Waals surface area contributed by atoms with Gasteiger partial charge in [0.15, 0.2) is 0 Å². The van der Waals surface area contributed by atoms with Gasteiger partial charge in [-0.1, -0.05) is 27.7 Å². The minimum Gasteiger partial charge on any atom is -0.336 e. The monoisotopic (exact) mass is 185 g/mol. The lowest BCUT2D eigenvalue weighted by molar-refractivity contribution is 0.589. The fourth-order valence-corrected chi connectivity index (χ4v) is 0.727. The van der Waals surface area contributed by atoms with E-state index in [1.807, 2.05) is 45.4 Å². The summed E-state index contributed by atoms with van der Waals surface area (Å²) in [6.45, 7) is 10.8. The standard InChI is InChI=1S/C6H11N3.2C2H6/c1-6(7)4-9-3-2-8-5-9;2*1-2/h2-3,5-6H,4,7H2,1H3;2*1-2H3. The van der Waals surface area contributed by atoms with Crippen molar-refractivity contribution in [1.29, 1.82) is 0 Å². The van der Waals surface area contributed by atoms with Gasteiger partial charge in [0.1, 0.15) is 0 Å². The van der Waals surface area contributed by atoms with Crippen LogP contribution < -0.4 is 5.73 Å². The Balaban J connectivity index is 0. The number of nitrogens with two attached hydrogens (primary N) is 1. The summed E-state index contributed by atoms with van der Waals surface area (Å²) in [7, 11) is 0. The highest BCUT2D eigenvalue weighted by molar-refractivity contribution is 4.75. The molecule has 0 radical (unpaired) electrons. The zero-order chi connectivity index (χ0) is 10.7. The van der Waals surface area contributed by atoms with Gasteiger partial charge in [-0.3, -0.25) is 0 Å². The second kappa shape index (κ2) is 11.2. The van der Waals surface area contributed by atoms with Crippen LogP contribution in [0.4, 0.5) is 0 Å². The lowest BCUT2D eigenvalue weighted by Gasteiger charge is -2.03. The molecule has 1 rings (SSSR count). The number of imidazole rings is 1. The molecule has 78 valence electrons. The van der Waals surface area contributed by atoms with Crippen LogP contribution in [0.1, 0.15) is 34.6 Å². The number of nitrogens with zero attached hydrogens (tertiary/aromatic N) is 2. The second-order valence-electron chi connectivity index (χ2n) is 2.24.